The second kappa shape index (κ2) is 6.54. The van der Waals surface area contributed by atoms with E-state index in [1.54, 1.807) is 24.3 Å². The molecule has 0 saturated carbocycles. The molecule has 0 aliphatic heterocycles. The normalized spacial score (nSPS) is 12.3. The molecule has 8 heteroatoms. The van der Waals surface area contributed by atoms with Gasteiger partial charge in [-0.3, -0.25) is 0 Å². The van der Waals surface area contributed by atoms with Crippen molar-refractivity contribution in [1.29, 1.82) is 0 Å². The Morgan fingerprint density at radius 3 is 2.27 bits per heavy atom. The second-order valence-electron chi connectivity index (χ2n) is 4.46. The van der Waals surface area contributed by atoms with Crippen LogP contribution in [0, 0.1) is 5.82 Å². The van der Waals surface area contributed by atoms with E-state index >= 15 is 0 Å². The molecule has 6 nitrogen and oxygen atoms in total. The molecule has 0 atom stereocenters. The van der Waals surface area contributed by atoms with Crippen LogP contribution < -0.4 is 10.5 Å². The largest absolute Gasteiger partial charge is 0.409 e. The second-order valence-corrected chi connectivity index (χ2v) is 6.23. The van der Waals surface area contributed by atoms with Crippen LogP contribution in [0.25, 0.3) is 0 Å². The van der Waals surface area contributed by atoms with Crippen molar-refractivity contribution in [3.63, 3.8) is 0 Å². The number of oxime groups is 1. The minimum atomic E-state index is -3.71. The number of hydrogen-bond donors (Lipinski definition) is 3. The molecule has 2 aromatic rings. The zero-order valence-electron chi connectivity index (χ0n) is 11.4. The van der Waals surface area contributed by atoms with Crippen molar-refractivity contribution in [3.05, 3.63) is 65.5 Å². The van der Waals surface area contributed by atoms with Crippen LogP contribution in [0.2, 0.25) is 0 Å². The molecule has 2 aromatic carbocycles. The summed E-state index contributed by atoms with van der Waals surface area (Å²) < 4.78 is 39.3. The quantitative estimate of drug-likeness (QED) is 0.335. The van der Waals surface area contributed by atoms with E-state index in [2.05, 4.69) is 9.88 Å². The van der Waals surface area contributed by atoms with Crippen molar-refractivity contribution in [2.75, 3.05) is 0 Å². The first-order valence-electron chi connectivity index (χ1n) is 6.24. The Morgan fingerprint density at radius 2 is 1.73 bits per heavy atom. The van der Waals surface area contributed by atoms with Gasteiger partial charge in [0.25, 0.3) is 0 Å². The first-order chi connectivity index (χ1) is 10.4. The number of benzene rings is 2. The fourth-order valence-corrected chi connectivity index (χ4v) is 2.74. The Bertz CT molecular complexity index is 772. The minimum absolute atomic E-state index is 0.0119. The third-order valence-corrected chi connectivity index (χ3v) is 4.36. The van der Waals surface area contributed by atoms with Gasteiger partial charge in [-0.1, -0.05) is 29.4 Å². The Kier molecular flexibility index (Phi) is 4.74. The molecule has 4 N–H and O–H groups in total. The lowest BCUT2D eigenvalue weighted by molar-refractivity contribution is 0.318. The molecule has 0 spiro atoms. The van der Waals surface area contributed by atoms with Crippen LogP contribution in [0.3, 0.4) is 0 Å². The van der Waals surface area contributed by atoms with E-state index in [0.717, 1.165) is 12.1 Å². The van der Waals surface area contributed by atoms with Gasteiger partial charge in [0.1, 0.15) is 5.82 Å². The van der Waals surface area contributed by atoms with E-state index in [1.807, 2.05) is 0 Å². The summed E-state index contributed by atoms with van der Waals surface area (Å²) in [7, 11) is -3.71. The third kappa shape index (κ3) is 3.80. The summed E-state index contributed by atoms with van der Waals surface area (Å²) in [5, 5.41) is 11.4. The van der Waals surface area contributed by atoms with Crippen molar-refractivity contribution in [1.82, 2.24) is 4.72 Å². The number of nitrogens with zero attached hydrogens (tertiary/aromatic N) is 1. The highest BCUT2D eigenvalue weighted by molar-refractivity contribution is 7.89. The molecule has 0 heterocycles. The molecule has 0 radical (unpaired) electrons. The van der Waals surface area contributed by atoms with Gasteiger partial charge in [0.15, 0.2) is 5.84 Å². The van der Waals surface area contributed by atoms with E-state index in [-0.39, 0.29) is 17.3 Å². The number of amidine groups is 1. The summed E-state index contributed by atoms with van der Waals surface area (Å²) in [4.78, 5) is -0.0119. The van der Waals surface area contributed by atoms with Crippen molar-refractivity contribution in [2.24, 2.45) is 10.9 Å². The number of nitrogens with two attached hydrogens (primary N) is 1. The predicted octanol–water partition coefficient (Wildman–Crippen LogP) is 1.40. The fourth-order valence-electron chi connectivity index (χ4n) is 1.73. The van der Waals surface area contributed by atoms with Gasteiger partial charge in [0, 0.05) is 12.1 Å². The number of hydrogen-bond acceptors (Lipinski definition) is 4. The fraction of sp³-hybridized carbons (Fsp3) is 0.0714. The first kappa shape index (κ1) is 15.9. The lowest BCUT2D eigenvalue weighted by atomic mass is 10.1. The summed E-state index contributed by atoms with van der Waals surface area (Å²) in [5.74, 6) is -0.531. The maximum Gasteiger partial charge on any atom is 0.240 e. The van der Waals surface area contributed by atoms with Gasteiger partial charge in [0.2, 0.25) is 10.0 Å². The Balaban J connectivity index is 2.07. The Hall–Kier alpha value is -2.45. The highest BCUT2D eigenvalue weighted by Gasteiger charge is 2.13. The first-order valence-corrected chi connectivity index (χ1v) is 7.73. The highest BCUT2D eigenvalue weighted by atomic mass is 32.2. The Labute approximate surface area is 127 Å². The highest BCUT2D eigenvalue weighted by Crippen LogP contribution is 2.11. The van der Waals surface area contributed by atoms with Gasteiger partial charge in [-0.25, -0.2) is 17.5 Å². The van der Waals surface area contributed by atoms with Crippen LogP contribution in [-0.4, -0.2) is 19.5 Å². The summed E-state index contributed by atoms with van der Waals surface area (Å²) in [6, 6.07) is 11.1. The molecule has 0 aromatic heterocycles. The zero-order valence-corrected chi connectivity index (χ0v) is 12.2. The van der Waals surface area contributed by atoms with Gasteiger partial charge in [-0.15, -0.1) is 0 Å². The number of nitrogens with one attached hydrogen (secondary N) is 1. The standard InChI is InChI=1S/C14H14FN3O3S/c15-12-5-7-13(8-6-12)22(20,21)17-9-10-1-3-11(4-2-10)14(16)18-19/h1-8,17,19H,9H2,(H2,16,18). The van der Waals surface area contributed by atoms with Crippen molar-refractivity contribution < 1.29 is 18.0 Å². The molecule has 0 aliphatic carbocycles. The lowest BCUT2D eigenvalue weighted by Gasteiger charge is -2.07. The molecular weight excluding hydrogens is 309 g/mol. The maximum atomic E-state index is 12.8. The summed E-state index contributed by atoms with van der Waals surface area (Å²) in [6.07, 6.45) is 0. The molecule has 0 bridgehead atoms. The van der Waals surface area contributed by atoms with Gasteiger partial charge in [-0.05, 0) is 29.8 Å². The molecule has 0 amide bonds. The summed E-state index contributed by atoms with van der Waals surface area (Å²) >= 11 is 0. The number of rotatable bonds is 5. The van der Waals surface area contributed by atoms with E-state index in [9.17, 15) is 12.8 Å². The average molecular weight is 323 g/mol. The number of sulfonamides is 1. The van der Waals surface area contributed by atoms with Crippen LogP contribution in [0.15, 0.2) is 58.6 Å². The van der Waals surface area contributed by atoms with Gasteiger partial charge < -0.3 is 10.9 Å². The number of halogens is 1. The minimum Gasteiger partial charge on any atom is -0.409 e. The van der Waals surface area contributed by atoms with Gasteiger partial charge in [-0.2, -0.15) is 0 Å². The average Bonchev–Trinajstić information content (AvgIpc) is 2.53. The van der Waals surface area contributed by atoms with E-state index in [1.165, 1.54) is 12.1 Å². The smallest absolute Gasteiger partial charge is 0.240 e. The van der Waals surface area contributed by atoms with E-state index in [0.29, 0.717) is 11.1 Å². The van der Waals surface area contributed by atoms with E-state index < -0.39 is 15.8 Å². The van der Waals surface area contributed by atoms with Crippen LogP contribution in [-0.2, 0) is 16.6 Å². The van der Waals surface area contributed by atoms with Crippen LogP contribution in [0.4, 0.5) is 4.39 Å². The summed E-state index contributed by atoms with van der Waals surface area (Å²) in [6.45, 7) is 0.0656. The molecular formula is C14H14FN3O3S. The van der Waals surface area contributed by atoms with Crippen molar-refractivity contribution in [3.8, 4) is 0 Å². The van der Waals surface area contributed by atoms with Gasteiger partial charge in [0.05, 0.1) is 4.90 Å². The Morgan fingerprint density at radius 1 is 1.14 bits per heavy atom. The van der Waals surface area contributed by atoms with Crippen LogP contribution in [0.1, 0.15) is 11.1 Å². The topological polar surface area (TPSA) is 105 Å². The van der Waals surface area contributed by atoms with Crippen LogP contribution >= 0.6 is 0 Å². The molecule has 0 saturated heterocycles. The van der Waals surface area contributed by atoms with Crippen molar-refractivity contribution in [2.45, 2.75) is 11.4 Å². The van der Waals surface area contributed by atoms with Crippen molar-refractivity contribution >= 4 is 15.9 Å². The molecule has 0 aliphatic rings. The van der Waals surface area contributed by atoms with E-state index in [4.69, 9.17) is 10.9 Å². The molecule has 2 rings (SSSR count). The predicted molar refractivity (Wildman–Crippen MR) is 79.4 cm³/mol. The maximum absolute atomic E-state index is 12.8. The summed E-state index contributed by atoms with van der Waals surface area (Å²) in [5.41, 5.74) is 6.65. The third-order valence-electron chi connectivity index (χ3n) is 2.95. The monoisotopic (exact) mass is 323 g/mol. The lowest BCUT2D eigenvalue weighted by Crippen LogP contribution is -2.23. The van der Waals surface area contributed by atoms with Gasteiger partial charge >= 0.3 is 0 Å². The van der Waals surface area contributed by atoms with Crippen LogP contribution in [0.5, 0.6) is 0 Å². The molecule has 0 fully saturated rings. The SMILES string of the molecule is N/C(=N/O)c1ccc(CNS(=O)(=O)c2ccc(F)cc2)cc1. The molecule has 116 valence electrons. The zero-order chi connectivity index (χ0) is 16.2. The molecule has 22 heavy (non-hydrogen) atoms. The molecule has 0 unspecified atom stereocenters.